The lowest BCUT2D eigenvalue weighted by Crippen LogP contribution is -2.34. The molecule has 25 heavy (non-hydrogen) atoms. The predicted octanol–water partition coefficient (Wildman–Crippen LogP) is 4.18. The first-order chi connectivity index (χ1) is 12.2. The lowest BCUT2D eigenvalue weighted by molar-refractivity contribution is 0.00770. The van der Waals surface area contributed by atoms with Crippen LogP contribution < -0.4 is 5.32 Å². The normalized spacial score (nSPS) is 28.0. The van der Waals surface area contributed by atoms with E-state index in [1.165, 1.54) is 30.4 Å². The third-order valence-electron chi connectivity index (χ3n) is 6.07. The second-order valence-corrected chi connectivity index (χ2v) is 8.26. The zero-order valence-electron chi connectivity index (χ0n) is 14.5. The highest BCUT2D eigenvalue weighted by Gasteiger charge is 2.40. The number of hydrogen-bond acceptors (Lipinski definition) is 3. The molecule has 1 aromatic carbocycles. The molecule has 0 amide bonds. The molecule has 3 fully saturated rings. The van der Waals surface area contributed by atoms with Crippen molar-refractivity contribution in [2.24, 2.45) is 5.92 Å². The van der Waals surface area contributed by atoms with Gasteiger partial charge in [0, 0.05) is 23.7 Å². The molecule has 4 nitrogen and oxygen atoms in total. The van der Waals surface area contributed by atoms with Gasteiger partial charge in [0.25, 0.3) is 0 Å². The number of halogens is 1. The number of fused-ring (bicyclic) bond motifs is 2. The van der Waals surface area contributed by atoms with E-state index in [4.69, 9.17) is 16.3 Å². The molecule has 5 heteroatoms. The van der Waals surface area contributed by atoms with E-state index in [2.05, 4.69) is 28.5 Å². The van der Waals surface area contributed by atoms with E-state index >= 15 is 0 Å². The van der Waals surface area contributed by atoms with Crippen LogP contribution >= 0.6 is 11.6 Å². The van der Waals surface area contributed by atoms with Crippen molar-refractivity contribution in [3.05, 3.63) is 40.0 Å². The van der Waals surface area contributed by atoms with Crippen LogP contribution in [-0.4, -0.2) is 28.9 Å². The minimum absolute atomic E-state index is 0.395. The summed E-state index contributed by atoms with van der Waals surface area (Å²) >= 11 is 6.50. The Hall–Kier alpha value is -1.36. The largest absolute Gasteiger partial charge is 0.372 e. The monoisotopic (exact) mass is 357 g/mol. The molecule has 132 valence electrons. The Balaban J connectivity index is 1.42. The van der Waals surface area contributed by atoms with Crippen LogP contribution in [0.1, 0.15) is 48.4 Å². The molecule has 2 N–H and O–H groups in total. The molecule has 2 heterocycles. The van der Waals surface area contributed by atoms with Gasteiger partial charge in [0.2, 0.25) is 0 Å². The highest BCUT2D eigenvalue weighted by Crippen LogP contribution is 2.47. The van der Waals surface area contributed by atoms with Gasteiger partial charge in [-0.2, -0.15) is 5.10 Å². The first-order valence-corrected chi connectivity index (χ1v) is 9.76. The Labute approximate surface area is 153 Å². The maximum atomic E-state index is 6.50. The molecular weight excluding hydrogens is 334 g/mol. The molecule has 1 aromatic heterocycles. The number of H-pyrrole nitrogens is 1. The van der Waals surface area contributed by atoms with Crippen molar-refractivity contribution in [3.63, 3.8) is 0 Å². The molecule has 2 aromatic rings. The van der Waals surface area contributed by atoms with E-state index in [0.717, 1.165) is 34.9 Å². The molecule has 0 radical (unpaired) electrons. The van der Waals surface area contributed by atoms with Crippen LogP contribution in [-0.2, 0) is 11.3 Å². The fraction of sp³-hybridized carbons (Fsp3) is 0.550. The Morgan fingerprint density at radius 3 is 2.84 bits per heavy atom. The lowest BCUT2D eigenvalue weighted by atomic mass is 9.98. The molecular formula is C20H24ClN3O. The van der Waals surface area contributed by atoms with Crippen LogP contribution in [0.25, 0.3) is 11.3 Å². The zero-order chi connectivity index (χ0) is 17.0. The second-order valence-electron chi connectivity index (χ2n) is 7.86. The highest BCUT2D eigenvalue weighted by atomic mass is 35.5. The van der Waals surface area contributed by atoms with Gasteiger partial charge in [0.15, 0.2) is 0 Å². The number of ether oxygens (including phenoxy) is 1. The second kappa shape index (κ2) is 6.11. The van der Waals surface area contributed by atoms with Gasteiger partial charge in [-0.05, 0) is 56.1 Å². The summed E-state index contributed by atoms with van der Waals surface area (Å²) < 4.78 is 6.31. The fourth-order valence-electron chi connectivity index (χ4n) is 4.61. The summed E-state index contributed by atoms with van der Waals surface area (Å²) in [5.41, 5.74) is 5.74. The third-order valence-corrected chi connectivity index (χ3v) is 6.38. The summed E-state index contributed by atoms with van der Waals surface area (Å²) in [6.45, 7) is 3.85. The van der Waals surface area contributed by atoms with Crippen LogP contribution in [0.15, 0.2) is 18.2 Å². The van der Waals surface area contributed by atoms with Crippen LogP contribution in [0, 0.1) is 12.8 Å². The van der Waals surface area contributed by atoms with Crippen LogP contribution in [0.5, 0.6) is 0 Å². The number of nitrogens with zero attached hydrogens (tertiary/aromatic N) is 1. The molecule has 3 aliphatic rings. The van der Waals surface area contributed by atoms with Gasteiger partial charge in [-0.1, -0.05) is 23.7 Å². The number of aromatic amines is 1. The summed E-state index contributed by atoms with van der Waals surface area (Å²) in [4.78, 5) is 0. The standard InChI is InChI=1S/C20H24ClN3O/c1-11-3-2-4-15(21)18(11)20-19(12-5-6-12)16(23-24-20)10-25-17-8-14-7-13(17)9-22-14/h2-4,12-14,17,22H,5-10H2,1H3,(H,23,24)/t13-,14-,17+/m0/s1. The minimum atomic E-state index is 0.395. The summed E-state index contributed by atoms with van der Waals surface area (Å²) in [5, 5.41) is 12.3. The van der Waals surface area contributed by atoms with Gasteiger partial charge in [0.1, 0.15) is 0 Å². The summed E-state index contributed by atoms with van der Waals surface area (Å²) in [6.07, 6.45) is 5.29. The Bertz CT molecular complexity index is 778. The van der Waals surface area contributed by atoms with E-state index in [9.17, 15) is 0 Å². The van der Waals surface area contributed by atoms with E-state index in [1.54, 1.807) is 0 Å². The van der Waals surface area contributed by atoms with E-state index in [1.807, 2.05) is 12.1 Å². The Morgan fingerprint density at radius 2 is 2.16 bits per heavy atom. The van der Waals surface area contributed by atoms with Crippen LogP contribution in [0.4, 0.5) is 0 Å². The first kappa shape index (κ1) is 15.9. The van der Waals surface area contributed by atoms with Gasteiger partial charge in [0.05, 0.1) is 29.1 Å². The number of benzene rings is 1. The van der Waals surface area contributed by atoms with Crippen molar-refractivity contribution < 1.29 is 4.74 Å². The molecule has 2 saturated carbocycles. The van der Waals surface area contributed by atoms with E-state index in [0.29, 0.717) is 30.6 Å². The van der Waals surface area contributed by atoms with Crippen molar-refractivity contribution in [1.82, 2.24) is 15.5 Å². The molecule has 0 unspecified atom stereocenters. The third kappa shape index (κ3) is 2.80. The number of nitrogens with one attached hydrogen (secondary N) is 2. The maximum Gasteiger partial charge on any atom is 0.0976 e. The van der Waals surface area contributed by atoms with Crippen molar-refractivity contribution in [1.29, 1.82) is 0 Å². The molecule has 2 bridgehead atoms. The predicted molar refractivity (Wildman–Crippen MR) is 98.8 cm³/mol. The minimum Gasteiger partial charge on any atom is -0.372 e. The van der Waals surface area contributed by atoms with Crippen molar-refractivity contribution in [2.45, 2.75) is 57.3 Å². The van der Waals surface area contributed by atoms with Gasteiger partial charge < -0.3 is 10.1 Å². The maximum absolute atomic E-state index is 6.50. The number of hydrogen-bond donors (Lipinski definition) is 2. The summed E-state index contributed by atoms with van der Waals surface area (Å²) in [6, 6.07) is 6.72. The molecule has 0 spiro atoms. The molecule has 5 rings (SSSR count). The SMILES string of the molecule is Cc1cccc(Cl)c1-c1n[nH]c(CO[C@@H]2C[C@@H]3C[C@H]2CN3)c1C1CC1. The quantitative estimate of drug-likeness (QED) is 0.843. The van der Waals surface area contributed by atoms with E-state index in [-0.39, 0.29) is 0 Å². The topological polar surface area (TPSA) is 49.9 Å². The Kier molecular flexibility index (Phi) is 3.88. The number of piperidine rings is 1. The van der Waals surface area contributed by atoms with Crippen LogP contribution in [0.3, 0.4) is 0 Å². The number of aromatic nitrogens is 2. The number of rotatable bonds is 5. The van der Waals surface area contributed by atoms with E-state index < -0.39 is 0 Å². The van der Waals surface area contributed by atoms with Crippen molar-refractivity contribution >= 4 is 11.6 Å². The van der Waals surface area contributed by atoms with Gasteiger partial charge in [-0.15, -0.1) is 0 Å². The van der Waals surface area contributed by atoms with Crippen molar-refractivity contribution in [2.75, 3.05) is 6.54 Å². The van der Waals surface area contributed by atoms with Crippen molar-refractivity contribution in [3.8, 4) is 11.3 Å². The fourth-order valence-corrected chi connectivity index (χ4v) is 4.92. The molecule has 1 saturated heterocycles. The average Bonchev–Trinajstić information content (AvgIpc) is 3.03. The molecule has 1 aliphatic heterocycles. The smallest absolute Gasteiger partial charge is 0.0976 e. The highest BCUT2D eigenvalue weighted by molar-refractivity contribution is 6.33. The molecule has 2 aliphatic carbocycles. The summed E-state index contributed by atoms with van der Waals surface area (Å²) in [7, 11) is 0. The summed E-state index contributed by atoms with van der Waals surface area (Å²) in [5.74, 6) is 1.28. The van der Waals surface area contributed by atoms with Gasteiger partial charge in [-0.25, -0.2) is 0 Å². The number of aryl methyl sites for hydroxylation is 1. The lowest BCUT2D eigenvalue weighted by Gasteiger charge is -2.22. The average molecular weight is 358 g/mol. The molecule has 3 atom stereocenters. The van der Waals surface area contributed by atoms with Gasteiger partial charge in [-0.3, -0.25) is 5.10 Å². The zero-order valence-corrected chi connectivity index (χ0v) is 15.3. The van der Waals surface area contributed by atoms with Crippen LogP contribution in [0.2, 0.25) is 5.02 Å². The van der Waals surface area contributed by atoms with Gasteiger partial charge >= 0.3 is 0 Å². The Morgan fingerprint density at radius 1 is 1.28 bits per heavy atom. The first-order valence-electron chi connectivity index (χ1n) is 9.38.